The smallest absolute Gasteiger partial charge is 0.326 e. The zero-order chi connectivity index (χ0) is 17.6. The highest BCUT2D eigenvalue weighted by Crippen LogP contribution is 2.28. The van der Waals surface area contributed by atoms with Crippen LogP contribution in [0, 0.1) is 0 Å². The summed E-state index contributed by atoms with van der Waals surface area (Å²) < 4.78 is 1.76. The predicted octanol–water partition coefficient (Wildman–Crippen LogP) is 1.14. The van der Waals surface area contributed by atoms with Crippen molar-refractivity contribution in [2.24, 2.45) is 0 Å². The average Bonchev–Trinajstić information content (AvgIpc) is 3.17. The Balaban J connectivity index is 1.74. The molecule has 2 atom stereocenters. The molecule has 1 saturated heterocycles. The van der Waals surface area contributed by atoms with Crippen molar-refractivity contribution < 1.29 is 9.90 Å². The Morgan fingerprint density at radius 3 is 3.16 bits per heavy atom. The Bertz CT molecular complexity index is 983. The normalized spacial score (nSPS) is 19.6. The summed E-state index contributed by atoms with van der Waals surface area (Å²) in [5.41, 5.74) is 2.08. The van der Waals surface area contributed by atoms with Gasteiger partial charge in [-0.25, -0.2) is 9.78 Å². The zero-order valence-corrected chi connectivity index (χ0v) is 14.0. The Morgan fingerprint density at radius 2 is 2.36 bits per heavy atom. The van der Waals surface area contributed by atoms with Crippen molar-refractivity contribution in [1.82, 2.24) is 24.4 Å². The molecule has 1 aliphatic rings. The average molecular weight is 343 g/mol. The number of nitrogens with zero attached hydrogens (tertiary/aromatic N) is 3. The van der Waals surface area contributed by atoms with Crippen molar-refractivity contribution in [2.75, 3.05) is 13.1 Å². The molecule has 0 radical (unpaired) electrons. The number of aliphatic hydroxyl groups is 1. The SMILES string of the molecule is CC(O)CC(=O)N1CCC[C@@H](n2c(=O)[nH]c3cnc4[nH]ccc4c32)C1. The molecular formula is C17H21N5O3. The van der Waals surface area contributed by atoms with Crippen LogP contribution in [0.1, 0.15) is 32.2 Å². The highest BCUT2D eigenvalue weighted by molar-refractivity contribution is 6.00. The van der Waals surface area contributed by atoms with Crippen molar-refractivity contribution in [3.05, 3.63) is 28.9 Å². The number of carbonyl (C=O) groups excluding carboxylic acids is 1. The third kappa shape index (κ3) is 2.72. The number of nitrogens with one attached hydrogen (secondary N) is 2. The number of hydrogen-bond acceptors (Lipinski definition) is 4. The van der Waals surface area contributed by atoms with Gasteiger partial charge < -0.3 is 20.0 Å². The van der Waals surface area contributed by atoms with Crippen LogP contribution < -0.4 is 5.69 Å². The van der Waals surface area contributed by atoms with Crippen LogP contribution in [0.4, 0.5) is 0 Å². The number of rotatable bonds is 3. The van der Waals surface area contributed by atoms with Crippen molar-refractivity contribution in [3.63, 3.8) is 0 Å². The molecule has 4 heterocycles. The predicted molar refractivity (Wildman–Crippen MR) is 93.4 cm³/mol. The van der Waals surface area contributed by atoms with Crippen molar-refractivity contribution >= 4 is 28.0 Å². The van der Waals surface area contributed by atoms with Gasteiger partial charge in [0.25, 0.3) is 0 Å². The first-order chi connectivity index (χ1) is 12.0. The summed E-state index contributed by atoms with van der Waals surface area (Å²) in [6.45, 7) is 2.76. The van der Waals surface area contributed by atoms with Gasteiger partial charge in [-0.05, 0) is 25.8 Å². The number of pyridine rings is 1. The molecule has 25 heavy (non-hydrogen) atoms. The van der Waals surface area contributed by atoms with E-state index in [1.54, 1.807) is 28.8 Å². The minimum Gasteiger partial charge on any atom is -0.393 e. The summed E-state index contributed by atoms with van der Waals surface area (Å²) in [5.74, 6) is -0.0685. The van der Waals surface area contributed by atoms with E-state index in [-0.39, 0.29) is 24.1 Å². The van der Waals surface area contributed by atoms with E-state index >= 15 is 0 Å². The van der Waals surface area contributed by atoms with Crippen molar-refractivity contribution in [3.8, 4) is 0 Å². The number of aliphatic hydroxyl groups excluding tert-OH is 1. The van der Waals surface area contributed by atoms with Crippen molar-refractivity contribution in [1.29, 1.82) is 0 Å². The largest absolute Gasteiger partial charge is 0.393 e. The Hall–Kier alpha value is -2.61. The maximum Gasteiger partial charge on any atom is 0.326 e. The summed E-state index contributed by atoms with van der Waals surface area (Å²) in [6, 6.07) is 1.82. The fourth-order valence-corrected chi connectivity index (χ4v) is 3.74. The quantitative estimate of drug-likeness (QED) is 0.663. The van der Waals surface area contributed by atoms with Crippen LogP contribution in [0.25, 0.3) is 22.1 Å². The molecule has 3 N–H and O–H groups in total. The van der Waals surface area contributed by atoms with Gasteiger partial charge in [-0.3, -0.25) is 9.36 Å². The molecule has 132 valence electrons. The van der Waals surface area contributed by atoms with E-state index in [1.807, 2.05) is 6.07 Å². The summed E-state index contributed by atoms with van der Waals surface area (Å²) in [4.78, 5) is 36.9. The molecule has 1 fully saturated rings. The molecule has 1 amide bonds. The third-order valence-electron chi connectivity index (χ3n) is 4.84. The standard InChI is InChI=1S/C17H21N5O3/c1-10(23)7-14(24)21-6-2-3-11(9-21)22-15-12-4-5-18-16(12)19-8-13(15)20-17(22)25/h4-5,8,10-11,23H,2-3,6-7,9H2,1H3,(H,18,19)(H,20,25)/t10?,11-/m1/s1. The lowest BCUT2D eigenvalue weighted by atomic mass is 10.0. The lowest BCUT2D eigenvalue weighted by molar-refractivity contribution is -0.134. The molecule has 0 spiro atoms. The molecule has 8 nitrogen and oxygen atoms in total. The second-order valence-corrected chi connectivity index (χ2v) is 6.75. The molecule has 0 aromatic carbocycles. The van der Waals surface area contributed by atoms with E-state index in [0.717, 1.165) is 29.4 Å². The van der Waals surface area contributed by atoms with E-state index < -0.39 is 6.10 Å². The second kappa shape index (κ2) is 6.03. The summed E-state index contributed by atoms with van der Waals surface area (Å²) in [5, 5.41) is 10.4. The Kier molecular flexibility index (Phi) is 3.84. The number of piperidine rings is 1. The van der Waals surface area contributed by atoms with Crippen LogP contribution in [0.5, 0.6) is 0 Å². The van der Waals surface area contributed by atoms with Gasteiger partial charge >= 0.3 is 5.69 Å². The van der Waals surface area contributed by atoms with E-state index in [2.05, 4.69) is 15.0 Å². The number of carbonyl (C=O) groups is 1. The number of aromatic amines is 2. The molecule has 4 rings (SSSR count). The first-order valence-electron chi connectivity index (χ1n) is 8.56. The molecule has 3 aromatic heterocycles. The first-order valence-corrected chi connectivity index (χ1v) is 8.56. The van der Waals surface area contributed by atoms with Gasteiger partial charge in [0, 0.05) is 24.7 Å². The van der Waals surface area contributed by atoms with Gasteiger partial charge in [0.15, 0.2) is 0 Å². The fraction of sp³-hybridized carbons (Fsp3) is 0.471. The maximum atomic E-state index is 12.6. The Morgan fingerprint density at radius 1 is 1.52 bits per heavy atom. The Labute approximate surface area is 143 Å². The number of hydrogen-bond donors (Lipinski definition) is 3. The molecule has 8 heteroatoms. The molecule has 1 unspecified atom stereocenters. The van der Waals surface area contributed by atoms with Crippen molar-refractivity contribution in [2.45, 2.75) is 38.3 Å². The van der Waals surface area contributed by atoms with Gasteiger partial charge in [-0.2, -0.15) is 0 Å². The molecule has 0 bridgehead atoms. The first kappa shape index (κ1) is 15.9. The number of likely N-dealkylation sites (tertiary alicyclic amines) is 1. The highest BCUT2D eigenvalue weighted by Gasteiger charge is 2.28. The lowest BCUT2D eigenvalue weighted by Crippen LogP contribution is -2.43. The maximum absolute atomic E-state index is 12.6. The molecule has 0 saturated carbocycles. The minimum atomic E-state index is -0.658. The van der Waals surface area contributed by atoms with Gasteiger partial charge in [0.05, 0.1) is 35.8 Å². The molecule has 0 aliphatic carbocycles. The molecule has 3 aromatic rings. The summed E-state index contributed by atoms with van der Waals surface area (Å²) in [6.07, 6.45) is 4.58. The number of H-pyrrole nitrogens is 2. The van der Waals surface area contributed by atoms with Gasteiger partial charge in [0.2, 0.25) is 5.91 Å². The number of amides is 1. The van der Waals surface area contributed by atoms with E-state index in [0.29, 0.717) is 18.6 Å². The third-order valence-corrected chi connectivity index (χ3v) is 4.84. The second-order valence-electron chi connectivity index (χ2n) is 6.75. The van der Waals surface area contributed by atoms with Crippen LogP contribution in [-0.2, 0) is 4.79 Å². The van der Waals surface area contributed by atoms with E-state index in [4.69, 9.17) is 0 Å². The fourth-order valence-electron chi connectivity index (χ4n) is 3.74. The van der Waals surface area contributed by atoms with Crippen LogP contribution >= 0.6 is 0 Å². The minimum absolute atomic E-state index is 0.0685. The van der Waals surface area contributed by atoms with Crippen LogP contribution in [0.2, 0.25) is 0 Å². The zero-order valence-electron chi connectivity index (χ0n) is 14.0. The van der Waals surface area contributed by atoms with Crippen LogP contribution in [0.15, 0.2) is 23.3 Å². The molecule has 1 aliphatic heterocycles. The van der Waals surface area contributed by atoms with Gasteiger partial charge in [-0.15, -0.1) is 0 Å². The summed E-state index contributed by atoms with van der Waals surface area (Å²) in [7, 11) is 0. The van der Waals surface area contributed by atoms with Crippen LogP contribution in [0.3, 0.4) is 0 Å². The van der Waals surface area contributed by atoms with Gasteiger partial charge in [-0.1, -0.05) is 0 Å². The molecular weight excluding hydrogens is 322 g/mol. The lowest BCUT2D eigenvalue weighted by Gasteiger charge is -2.33. The topological polar surface area (TPSA) is 107 Å². The van der Waals surface area contributed by atoms with Crippen LogP contribution in [-0.4, -0.2) is 54.6 Å². The van der Waals surface area contributed by atoms with E-state index in [9.17, 15) is 14.7 Å². The highest BCUT2D eigenvalue weighted by atomic mass is 16.3. The van der Waals surface area contributed by atoms with E-state index in [1.165, 1.54) is 0 Å². The number of fused-ring (bicyclic) bond motifs is 3. The monoisotopic (exact) mass is 343 g/mol. The van der Waals surface area contributed by atoms with Gasteiger partial charge in [0.1, 0.15) is 5.65 Å². The summed E-state index contributed by atoms with van der Waals surface area (Å²) >= 11 is 0. The number of aromatic nitrogens is 4. The number of imidazole rings is 1.